The van der Waals surface area contributed by atoms with Gasteiger partial charge in [0.05, 0.1) is 12.7 Å². The van der Waals surface area contributed by atoms with Gasteiger partial charge < -0.3 is 14.6 Å². The predicted molar refractivity (Wildman–Crippen MR) is 68.5 cm³/mol. The van der Waals surface area contributed by atoms with E-state index in [-0.39, 0.29) is 6.10 Å². The van der Waals surface area contributed by atoms with Crippen LogP contribution < -0.4 is 4.74 Å². The monoisotopic (exact) mass is 248 g/mol. The zero-order chi connectivity index (χ0) is 12.4. The van der Waals surface area contributed by atoms with E-state index in [1.165, 1.54) is 12.8 Å². The third-order valence-electron chi connectivity index (χ3n) is 3.78. The van der Waals surface area contributed by atoms with Crippen molar-refractivity contribution in [2.75, 3.05) is 13.4 Å². The van der Waals surface area contributed by atoms with E-state index in [2.05, 4.69) is 0 Å². The van der Waals surface area contributed by atoms with Gasteiger partial charge in [-0.05, 0) is 49.7 Å². The number of ether oxygens (including phenoxy) is 2. The van der Waals surface area contributed by atoms with Crippen LogP contribution in [0, 0.1) is 5.92 Å². The Balaban J connectivity index is 1.62. The van der Waals surface area contributed by atoms with Crippen molar-refractivity contribution in [1.29, 1.82) is 0 Å². The molecule has 1 unspecified atom stereocenters. The molecule has 2 aliphatic carbocycles. The van der Waals surface area contributed by atoms with Gasteiger partial charge in [0, 0.05) is 5.56 Å². The van der Waals surface area contributed by atoms with Crippen LogP contribution in [0.3, 0.4) is 0 Å². The molecule has 18 heavy (non-hydrogen) atoms. The Morgan fingerprint density at radius 1 is 1.22 bits per heavy atom. The van der Waals surface area contributed by atoms with Crippen molar-refractivity contribution in [3.63, 3.8) is 0 Å². The van der Waals surface area contributed by atoms with E-state index in [9.17, 15) is 5.11 Å². The van der Waals surface area contributed by atoms with E-state index in [1.54, 1.807) is 0 Å². The summed E-state index contributed by atoms with van der Waals surface area (Å²) in [5.41, 5.74) is 2.19. The van der Waals surface area contributed by atoms with E-state index in [4.69, 9.17) is 9.47 Å². The molecule has 1 saturated carbocycles. The van der Waals surface area contributed by atoms with E-state index >= 15 is 0 Å². The first-order valence-electron chi connectivity index (χ1n) is 6.85. The molecule has 1 aromatic carbocycles. The standard InChI is InChI=1S/C15H20O3/c16-14-5-1-4-13-12(14)3-2-6-15(13)18-10-17-9-11-7-8-11/h2-3,6,11,14,16H,1,4-5,7-10H2. The Morgan fingerprint density at radius 3 is 2.94 bits per heavy atom. The zero-order valence-electron chi connectivity index (χ0n) is 10.6. The predicted octanol–water partition coefficient (Wildman–Crippen LogP) is 2.82. The largest absolute Gasteiger partial charge is 0.467 e. The van der Waals surface area contributed by atoms with Crippen LogP contribution in [0.15, 0.2) is 18.2 Å². The summed E-state index contributed by atoms with van der Waals surface area (Å²) in [5, 5.41) is 9.95. The smallest absolute Gasteiger partial charge is 0.189 e. The first kappa shape index (κ1) is 12.0. The fourth-order valence-corrected chi connectivity index (χ4v) is 2.53. The van der Waals surface area contributed by atoms with Crippen LogP contribution in [0.2, 0.25) is 0 Å². The molecule has 0 saturated heterocycles. The fourth-order valence-electron chi connectivity index (χ4n) is 2.53. The molecular weight excluding hydrogens is 228 g/mol. The Labute approximate surface area is 108 Å². The molecule has 98 valence electrons. The maximum atomic E-state index is 9.95. The summed E-state index contributed by atoms with van der Waals surface area (Å²) >= 11 is 0. The molecule has 1 aromatic rings. The van der Waals surface area contributed by atoms with E-state index in [1.807, 2.05) is 18.2 Å². The summed E-state index contributed by atoms with van der Waals surface area (Å²) in [6.45, 7) is 1.14. The van der Waals surface area contributed by atoms with Gasteiger partial charge in [-0.3, -0.25) is 0 Å². The maximum absolute atomic E-state index is 9.95. The van der Waals surface area contributed by atoms with Crippen molar-refractivity contribution in [3.05, 3.63) is 29.3 Å². The summed E-state index contributed by atoms with van der Waals surface area (Å²) in [6.07, 6.45) is 5.14. The number of benzene rings is 1. The second-order valence-corrected chi connectivity index (χ2v) is 5.31. The topological polar surface area (TPSA) is 38.7 Å². The van der Waals surface area contributed by atoms with Gasteiger partial charge in [-0.2, -0.15) is 0 Å². The van der Waals surface area contributed by atoms with Crippen LogP contribution in [-0.2, 0) is 11.2 Å². The third-order valence-corrected chi connectivity index (χ3v) is 3.78. The highest BCUT2D eigenvalue weighted by molar-refractivity contribution is 5.42. The number of aliphatic hydroxyl groups is 1. The number of fused-ring (bicyclic) bond motifs is 1. The average Bonchev–Trinajstić information content (AvgIpc) is 3.20. The Bertz CT molecular complexity index is 412. The molecule has 0 aromatic heterocycles. The quantitative estimate of drug-likeness (QED) is 0.643. The second-order valence-electron chi connectivity index (χ2n) is 5.31. The van der Waals surface area contributed by atoms with Gasteiger partial charge in [0.25, 0.3) is 0 Å². The molecule has 0 aliphatic heterocycles. The van der Waals surface area contributed by atoms with Crippen LogP contribution >= 0.6 is 0 Å². The molecule has 0 radical (unpaired) electrons. The van der Waals surface area contributed by atoms with Crippen molar-refractivity contribution < 1.29 is 14.6 Å². The highest BCUT2D eigenvalue weighted by atomic mass is 16.7. The van der Waals surface area contributed by atoms with Crippen molar-refractivity contribution in [2.24, 2.45) is 5.92 Å². The third kappa shape index (κ3) is 2.68. The molecular formula is C15H20O3. The van der Waals surface area contributed by atoms with Crippen molar-refractivity contribution in [1.82, 2.24) is 0 Å². The molecule has 0 heterocycles. The highest BCUT2D eigenvalue weighted by Gasteiger charge is 2.22. The van der Waals surface area contributed by atoms with Gasteiger partial charge in [-0.25, -0.2) is 0 Å². The Kier molecular flexibility index (Phi) is 3.52. The van der Waals surface area contributed by atoms with Crippen LogP contribution in [0.1, 0.15) is 42.9 Å². The Morgan fingerprint density at radius 2 is 2.11 bits per heavy atom. The minimum absolute atomic E-state index is 0.322. The minimum atomic E-state index is -0.329. The number of hydrogen-bond donors (Lipinski definition) is 1. The Hall–Kier alpha value is -1.06. The lowest BCUT2D eigenvalue weighted by Gasteiger charge is -2.23. The number of rotatable bonds is 5. The van der Waals surface area contributed by atoms with Crippen molar-refractivity contribution in [3.8, 4) is 5.75 Å². The second kappa shape index (κ2) is 5.29. The lowest BCUT2D eigenvalue weighted by atomic mass is 9.89. The zero-order valence-corrected chi connectivity index (χ0v) is 10.6. The first-order chi connectivity index (χ1) is 8.84. The lowest BCUT2D eigenvalue weighted by Crippen LogP contribution is -2.12. The summed E-state index contributed by atoms with van der Waals surface area (Å²) in [4.78, 5) is 0. The molecule has 0 amide bonds. The van der Waals surface area contributed by atoms with Gasteiger partial charge in [0.2, 0.25) is 0 Å². The van der Waals surface area contributed by atoms with Gasteiger partial charge >= 0.3 is 0 Å². The lowest BCUT2D eigenvalue weighted by molar-refractivity contribution is 0.00904. The number of aliphatic hydroxyl groups excluding tert-OH is 1. The molecule has 2 aliphatic rings. The summed E-state index contributed by atoms with van der Waals surface area (Å²) in [6, 6.07) is 5.91. The van der Waals surface area contributed by atoms with Crippen LogP contribution in [0.4, 0.5) is 0 Å². The molecule has 1 atom stereocenters. The van der Waals surface area contributed by atoms with Gasteiger partial charge in [-0.15, -0.1) is 0 Å². The normalized spacial score (nSPS) is 22.6. The molecule has 0 spiro atoms. The molecule has 1 N–H and O–H groups in total. The molecule has 1 fully saturated rings. The van der Waals surface area contributed by atoms with E-state index in [0.29, 0.717) is 6.79 Å². The first-order valence-corrected chi connectivity index (χ1v) is 6.85. The minimum Gasteiger partial charge on any atom is -0.467 e. The number of hydrogen-bond acceptors (Lipinski definition) is 3. The summed E-state index contributed by atoms with van der Waals surface area (Å²) in [7, 11) is 0. The fraction of sp³-hybridized carbons (Fsp3) is 0.600. The van der Waals surface area contributed by atoms with Gasteiger partial charge in [-0.1, -0.05) is 12.1 Å². The summed E-state index contributed by atoms with van der Waals surface area (Å²) < 4.78 is 11.2. The van der Waals surface area contributed by atoms with Gasteiger partial charge in [0.1, 0.15) is 5.75 Å². The van der Waals surface area contributed by atoms with Crippen LogP contribution in [-0.4, -0.2) is 18.5 Å². The molecule has 3 rings (SSSR count). The van der Waals surface area contributed by atoms with Crippen LogP contribution in [0.5, 0.6) is 5.75 Å². The van der Waals surface area contributed by atoms with Crippen molar-refractivity contribution >= 4 is 0 Å². The average molecular weight is 248 g/mol. The molecule has 3 nitrogen and oxygen atoms in total. The maximum Gasteiger partial charge on any atom is 0.189 e. The highest BCUT2D eigenvalue weighted by Crippen LogP contribution is 2.35. The van der Waals surface area contributed by atoms with Gasteiger partial charge in [0.15, 0.2) is 6.79 Å². The molecule has 3 heteroatoms. The summed E-state index contributed by atoms with van der Waals surface area (Å²) in [5.74, 6) is 1.64. The SMILES string of the molecule is OC1CCCc2c(OCOCC3CC3)cccc21. The van der Waals surface area contributed by atoms with Crippen LogP contribution in [0.25, 0.3) is 0 Å². The molecule has 0 bridgehead atoms. The van der Waals surface area contributed by atoms with E-state index in [0.717, 1.165) is 48.7 Å². The van der Waals surface area contributed by atoms with E-state index < -0.39 is 0 Å². The van der Waals surface area contributed by atoms with Crippen molar-refractivity contribution in [2.45, 2.75) is 38.2 Å².